The van der Waals surface area contributed by atoms with Gasteiger partial charge in [-0.15, -0.1) is 0 Å². The summed E-state index contributed by atoms with van der Waals surface area (Å²) >= 11 is 0. The Morgan fingerprint density at radius 1 is 0.909 bits per heavy atom. The summed E-state index contributed by atoms with van der Waals surface area (Å²) in [6, 6.07) is 10.9. The monoisotopic (exact) mass is 300 g/mol. The largest absolute Gasteiger partial charge is 0.326 e. The van der Waals surface area contributed by atoms with Crippen molar-refractivity contribution in [2.45, 2.75) is 32.1 Å². The Morgan fingerprint density at radius 2 is 1.68 bits per heavy atom. The van der Waals surface area contributed by atoms with E-state index in [1.807, 2.05) is 9.80 Å². The summed E-state index contributed by atoms with van der Waals surface area (Å²) < 4.78 is 0. The highest BCUT2D eigenvalue weighted by Crippen LogP contribution is 2.15. The molecule has 0 radical (unpaired) electrons. The second-order valence-corrected chi connectivity index (χ2v) is 7.19. The van der Waals surface area contributed by atoms with Crippen LogP contribution in [-0.2, 0) is 6.42 Å². The van der Waals surface area contributed by atoms with Crippen molar-refractivity contribution in [1.29, 1.82) is 0 Å². The number of piperazine rings is 1. The Kier molecular flexibility index (Phi) is 6.09. The van der Waals surface area contributed by atoms with Gasteiger partial charge in [0.1, 0.15) is 26.2 Å². The van der Waals surface area contributed by atoms with Crippen LogP contribution in [-0.4, -0.2) is 39.3 Å². The molecule has 1 heterocycles. The van der Waals surface area contributed by atoms with Crippen LogP contribution in [0, 0.1) is 5.92 Å². The predicted molar refractivity (Wildman–Crippen MR) is 92.4 cm³/mol. The average molecular weight is 300 g/mol. The van der Waals surface area contributed by atoms with Crippen LogP contribution in [0.5, 0.6) is 0 Å². The summed E-state index contributed by atoms with van der Waals surface area (Å²) in [6.07, 6.45) is 11.4. The number of nitrogens with one attached hydrogen (secondary N) is 2. The van der Waals surface area contributed by atoms with Crippen LogP contribution >= 0.6 is 0 Å². The molecule has 2 N–H and O–H groups in total. The predicted octanol–water partition coefficient (Wildman–Crippen LogP) is 0.759. The van der Waals surface area contributed by atoms with E-state index in [1.54, 1.807) is 0 Å². The van der Waals surface area contributed by atoms with Crippen molar-refractivity contribution in [1.82, 2.24) is 0 Å². The maximum atomic E-state index is 2.40. The van der Waals surface area contributed by atoms with Crippen molar-refractivity contribution in [3.05, 3.63) is 48.0 Å². The molecule has 1 aliphatic heterocycles. The van der Waals surface area contributed by atoms with E-state index in [9.17, 15) is 0 Å². The SMILES string of the molecule is C1=CC[C@H](C[NH+]2CC[NH+](CCCc3ccccc3)CC2)CC1. The minimum Gasteiger partial charge on any atom is -0.326 e. The summed E-state index contributed by atoms with van der Waals surface area (Å²) in [5, 5.41) is 0. The van der Waals surface area contributed by atoms with Gasteiger partial charge >= 0.3 is 0 Å². The molecule has 2 aliphatic rings. The molecule has 1 atom stereocenters. The number of benzene rings is 1. The van der Waals surface area contributed by atoms with Gasteiger partial charge in [-0.1, -0.05) is 42.5 Å². The first kappa shape index (κ1) is 15.8. The van der Waals surface area contributed by atoms with Crippen molar-refractivity contribution in [3.8, 4) is 0 Å². The first-order chi connectivity index (χ1) is 10.9. The molecule has 0 spiro atoms. The molecular weight excluding hydrogens is 268 g/mol. The van der Waals surface area contributed by atoms with E-state index >= 15 is 0 Å². The zero-order chi connectivity index (χ0) is 15.0. The van der Waals surface area contributed by atoms with E-state index in [1.165, 1.54) is 76.9 Å². The number of allylic oxidation sites excluding steroid dienone is 2. The highest BCUT2D eigenvalue weighted by molar-refractivity contribution is 5.14. The van der Waals surface area contributed by atoms with Crippen LogP contribution in [0.2, 0.25) is 0 Å². The smallest absolute Gasteiger partial charge is 0.127 e. The van der Waals surface area contributed by atoms with Gasteiger partial charge in [0, 0.05) is 12.3 Å². The van der Waals surface area contributed by atoms with Gasteiger partial charge in [0.05, 0.1) is 13.1 Å². The molecule has 1 aromatic rings. The minimum absolute atomic E-state index is 0.958. The Balaban J connectivity index is 1.31. The fourth-order valence-electron chi connectivity index (χ4n) is 4.05. The third kappa shape index (κ3) is 4.96. The molecule has 2 heteroatoms. The molecule has 0 amide bonds. The van der Waals surface area contributed by atoms with Crippen LogP contribution in [0.4, 0.5) is 0 Å². The molecule has 0 bridgehead atoms. The lowest BCUT2D eigenvalue weighted by molar-refractivity contribution is -1.01. The lowest BCUT2D eigenvalue weighted by Gasteiger charge is -2.32. The summed E-state index contributed by atoms with van der Waals surface area (Å²) in [6.45, 7) is 8.32. The van der Waals surface area contributed by atoms with Crippen molar-refractivity contribution < 1.29 is 9.80 Å². The van der Waals surface area contributed by atoms with Gasteiger partial charge in [-0.25, -0.2) is 0 Å². The first-order valence-corrected chi connectivity index (χ1v) is 9.26. The second kappa shape index (κ2) is 8.50. The lowest BCUT2D eigenvalue weighted by atomic mass is 9.94. The Labute approximate surface area is 135 Å². The molecule has 0 aromatic heterocycles. The number of rotatable bonds is 6. The second-order valence-electron chi connectivity index (χ2n) is 7.19. The molecule has 1 saturated heterocycles. The fraction of sp³-hybridized carbons (Fsp3) is 0.600. The summed E-state index contributed by atoms with van der Waals surface area (Å²) in [4.78, 5) is 3.70. The maximum absolute atomic E-state index is 2.40. The van der Waals surface area contributed by atoms with Gasteiger partial charge in [0.15, 0.2) is 0 Å². The van der Waals surface area contributed by atoms with Crippen molar-refractivity contribution in [2.75, 3.05) is 39.3 Å². The molecule has 3 rings (SSSR count). The maximum Gasteiger partial charge on any atom is 0.127 e. The molecular formula is C20H32N2+2. The van der Waals surface area contributed by atoms with Crippen LogP contribution in [0.15, 0.2) is 42.5 Å². The zero-order valence-corrected chi connectivity index (χ0v) is 13.9. The molecule has 0 saturated carbocycles. The summed E-state index contributed by atoms with van der Waals surface area (Å²) in [5.74, 6) is 0.958. The van der Waals surface area contributed by atoms with Crippen molar-refractivity contribution in [2.24, 2.45) is 5.92 Å². The lowest BCUT2D eigenvalue weighted by Crippen LogP contribution is -3.28. The molecule has 0 unspecified atom stereocenters. The highest BCUT2D eigenvalue weighted by Gasteiger charge is 2.25. The van der Waals surface area contributed by atoms with Gasteiger partial charge in [-0.2, -0.15) is 0 Å². The topological polar surface area (TPSA) is 8.88 Å². The van der Waals surface area contributed by atoms with Crippen LogP contribution in [0.1, 0.15) is 31.2 Å². The Hall–Kier alpha value is -1.12. The third-order valence-corrected chi connectivity index (χ3v) is 5.46. The van der Waals surface area contributed by atoms with E-state index < -0.39 is 0 Å². The number of quaternary nitrogens is 2. The van der Waals surface area contributed by atoms with Gasteiger partial charge in [0.25, 0.3) is 0 Å². The molecule has 22 heavy (non-hydrogen) atoms. The summed E-state index contributed by atoms with van der Waals surface area (Å²) in [7, 11) is 0. The Bertz CT molecular complexity index is 446. The van der Waals surface area contributed by atoms with E-state index in [2.05, 4.69) is 42.5 Å². The standard InChI is InChI=1S/C20H30N2/c1-3-8-19(9-4-1)12-7-13-21-14-16-22(17-15-21)18-20-10-5-2-6-11-20/h1-5,8-9,20H,6-7,10-18H2/p+2/t20-/m0/s1. The minimum atomic E-state index is 0.958. The van der Waals surface area contributed by atoms with Crippen molar-refractivity contribution >= 4 is 0 Å². The van der Waals surface area contributed by atoms with E-state index in [-0.39, 0.29) is 0 Å². The van der Waals surface area contributed by atoms with E-state index in [0.717, 1.165) is 5.92 Å². The van der Waals surface area contributed by atoms with Gasteiger partial charge in [-0.3, -0.25) is 0 Å². The highest BCUT2D eigenvalue weighted by atomic mass is 15.3. The van der Waals surface area contributed by atoms with E-state index in [0.29, 0.717) is 0 Å². The average Bonchev–Trinajstić information content (AvgIpc) is 2.58. The number of hydrogen-bond donors (Lipinski definition) is 2. The fourth-order valence-corrected chi connectivity index (χ4v) is 4.05. The van der Waals surface area contributed by atoms with Crippen LogP contribution < -0.4 is 9.80 Å². The zero-order valence-electron chi connectivity index (χ0n) is 13.9. The van der Waals surface area contributed by atoms with Gasteiger partial charge < -0.3 is 9.80 Å². The van der Waals surface area contributed by atoms with Crippen LogP contribution in [0.3, 0.4) is 0 Å². The molecule has 2 nitrogen and oxygen atoms in total. The first-order valence-electron chi connectivity index (χ1n) is 9.26. The van der Waals surface area contributed by atoms with Crippen molar-refractivity contribution in [3.63, 3.8) is 0 Å². The molecule has 1 fully saturated rings. The normalized spacial score (nSPS) is 28.6. The molecule has 1 aliphatic carbocycles. The summed E-state index contributed by atoms with van der Waals surface area (Å²) in [5.41, 5.74) is 1.50. The Morgan fingerprint density at radius 3 is 2.41 bits per heavy atom. The quantitative estimate of drug-likeness (QED) is 0.718. The third-order valence-electron chi connectivity index (χ3n) is 5.46. The molecule has 1 aromatic carbocycles. The number of hydrogen-bond acceptors (Lipinski definition) is 0. The van der Waals surface area contributed by atoms with Gasteiger partial charge in [0.2, 0.25) is 0 Å². The van der Waals surface area contributed by atoms with Gasteiger partial charge in [-0.05, 0) is 31.2 Å². The van der Waals surface area contributed by atoms with Crippen LogP contribution in [0.25, 0.3) is 0 Å². The number of aryl methyl sites for hydroxylation is 1. The van der Waals surface area contributed by atoms with E-state index in [4.69, 9.17) is 0 Å². The molecule has 120 valence electrons.